The smallest absolute Gasteiger partial charge is 0.270 e. The van der Waals surface area contributed by atoms with Gasteiger partial charge in [-0.05, 0) is 38.6 Å². The van der Waals surface area contributed by atoms with E-state index >= 15 is 0 Å². The topological polar surface area (TPSA) is 57.8 Å². The second-order valence-corrected chi connectivity index (χ2v) is 7.73. The number of H-pyrrole nitrogens is 1. The number of hydrogen-bond donors (Lipinski definition) is 1. The Hall–Kier alpha value is -2.05. The minimum atomic E-state index is 0.0849. The quantitative estimate of drug-likeness (QED) is 0.893. The average Bonchev–Trinajstić information content (AvgIpc) is 3.18. The number of rotatable bonds is 5. The van der Waals surface area contributed by atoms with Crippen molar-refractivity contribution in [3.63, 3.8) is 0 Å². The number of amides is 1. The summed E-state index contributed by atoms with van der Waals surface area (Å²) < 4.78 is 10.9. The van der Waals surface area contributed by atoms with Gasteiger partial charge in [0.1, 0.15) is 11.4 Å². The van der Waals surface area contributed by atoms with Crippen molar-refractivity contribution in [2.75, 3.05) is 47.0 Å². The van der Waals surface area contributed by atoms with Gasteiger partial charge in [-0.1, -0.05) is 0 Å². The molecule has 2 aliphatic rings. The molecule has 2 aliphatic heterocycles. The van der Waals surface area contributed by atoms with Gasteiger partial charge in [0.15, 0.2) is 0 Å². The number of methoxy groups -OCH3 is 1. The second-order valence-electron chi connectivity index (χ2n) is 7.73. The number of carbonyl (C=O) groups excluding carboxylic acids is 1. The summed E-state index contributed by atoms with van der Waals surface area (Å²) in [5, 5.41) is 1.03. The summed E-state index contributed by atoms with van der Waals surface area (Å²) in [6, 6.07) is 8.21. The zero-order valence-corrected chi connectivity index (χ0v) is 15.7. The lowest BCUT2D eigenvalue weighted by molar-refractivity contribution is 0.0107. The van der Waals surface area contributed by atoms with Crippen LogP contribution in [0.1, 0.15) is 23.8 Å². The molecule has 140 valence electrons. The molecule has 0 saturated carbocycles. The van der Waals surface area contributed by atoms with Gasteiger partial charge < -0.3 is 24.3 Å². The monoisotopic (exact) mass is 357 g/mol. The molecule has 0 aliphatic carbocycles. The number of hydrogen-bond acceptors (Lipinski definition) is 4. The zero-order valence-electron chi connectivity index (χ0n) is 15.7. The molecule has 1 unspecified atom stereocenters. The largest absolute Gasteiger partial charge is 0.497 e. The van der Waals surface area contributed by atoms with Crippen molar-refractivity contribution in [3.8, 4) is 5.75 Å². The molecule has 6 nitrogen and oxygen atoms in total. The molecule has 2 aromatic rings. The molecule has 0 bridgehead atoms. The third-order valence-electron chi connectivity index (χ3n) is 5.79. The van der Waals surface area contributed by atoms with Crippen molar-refractivity contribution in [2.24, 2.45) is 5.41 Å². The van der Waals surface area contributed by atoms with Crippen LogP contribution < -0.4 is 4.74 Å². The van der Waals surface area contributed by atoms with Gasteiger partial charge in [-0.2, -0.15) is 0 Å². The molecular weight excluding hydrogens is 330 g/mol. The van der Waals surface area contributed by atoms with Crippen LogP contribution >= 0.6 is 0 Å². The van der Waals surface area contributed by atoms with Crippen LogP contribution in [0.25, 0.3) is 10.9 Å². The maximum atomic E-state index is 12.9. The van der Waals surface area contributed by atoms with Gasteiger partial charge in [0.05, 0.1) is 13.7 Å². The summed E-state index contributed by atoms with van der Waals surface area (Å²) in [5.41, 5.74) is 1.82. The Kier molecular flexibility index (Phi) is 4.40. The van der Waals surface area contributed by atoms with Crippen LogP contribution in [-0.4, -0.2) is 73.7 Å². The van der Waals surface area contributed by atoms with Crippen molar-refractivity contribution < 1.29 is 14.3 Å². The highest BCUT2D eigenvalue weighted by atomic mass is 16.5. The normalized spacial score (nSPS) is 22.1. The first-order valence-corrected chi connectivity index (χ1v) is 9.27. The number of aromatic nitrogens is 1. The maximum absolute atomic E-state index is 12.9. The van der Waals surface area contributed by atoms with Gasteiger partial charge in [0, 0.05) is 54.7 Å². The van der Waals surface area contributed by atoms with Gasteiger partial charge in [-0.3, -0.25) is 4.79 Å². The van der Waals surface area contributed by atoms with Gasteiger partial charge >= 0.3 is 0 Å². The Balaban J connectivity index is 1.42. The molecule has 26 heavy (non-hydrogen) atoms. The fourth-order valence-corrected chi connectivity index (χ4v) is 4.47. The van der Waals surface area contributed by atoms with Crippen molar-refractivity contribution >= 4 is 16.8 Å². The highest BCUT2D eigenvalue weighted by molar-refractivity contribution is 5.98. The average molecular weight is 357 g/mol. The number of benzene rings is 1. The minimum Gasteiger partial charge on any atom is -0.497 e. The van der Waals surface area contributed by atoms with E-state index in [4.69, 9.17) is 9.47 Å². The summed E-state index contributed by atoms with van der Waals surface area (Å²) in [6.07, 6.45) is 1.11. The predicted molar refractivity (Wildman–Crippen MR) is 101 cm³/mol. The standard InChI is InChI=1S/C20H27N3O3/c1-4-26-10-15-9-20(11-22(15)2)12-23(13-20)19(24)18-7-14-5-6-16(25-3)8-17(14)21-18/h5-8,15,21H,4,9-13H2,1-3H3. The van der Waals surface area contributed by atoms with Crippen molar-refractivity contribution in [2.45, 2.75) is 19.4 Å². The molecule has 1 spiro atoms. The number of likely N-dealkylation sites (N-methyl/N-ethyl adjacent to an activating group) is 1. The van der Waals surface area contributed by atoms with E-state index in [2.05, 4.69) is 16.9 Å². The molecule has 1 aromatic carbocycles. The Morgan fingerprint density at radius 1 is 1.31 bits per heavy atom. The van der Waals surface area contributed by atoms with Crippen LogP contribution in [0, 0.1) is 5.41 Å². The molecule has 2 fully saturated rings. The first-order valence-electron chi connectivity index (χ1n) is 9.27. The van der Waals surface area contributed by atoms with Crippen LogP contribution in [0.5, 0.6) is 5.75 Å². The summed E-state index contributed by atoms with van der Waals surface area (Å²) in [5.74, 6) is 0.872. The third kappa shape index (κ3) is 2.97. The van der Waals surface area contributed by atoms with Gasteiger partial charge in [-0.15, -0.1) is 0 Å². The molecule has 6 heteroatoms. The summed E-state index contributed by atoms with van der Waals surface area (Å²) in [4.78, 5) is 20.4. The Bertz CT molecular complexity index is 810. The van der Waals surface area contributed by atoms with Gasteiger partial charge in [-0.25, -0.2) is 0 Å². The van der Waals surface area contributed by atoms with E-state index in [0.29, 0.717) is 11.7 Å². The Labute approximate surface area is 154 Å². The first-order chi connectivity index (χ1) is 12.5. The predicted octanol–water partition coefficient (Wildman–Crippen LogP) is 2.36. The van der Waals surface area contributed by atoms with Crippen molar-refractivity contribution in [1.82, 2.24) is 14.8 Å². The van der Waals surface area contributed by atoms with Crippen LogP contribution in [0.4, 0.5) is 0 Å². The van der Waals surface area contributed by atoms with E-state index in [-0.39, 0.29) is 11.3 Å². The van der Waals surface area contributed by atoms with Crippen LogP contribution in [0.3, 0.4) is 0 Å². The van der Waals surface area contributed by atoms with Crippen LogP contribution in [-0.2, 0) is 4.74 Å². The number of fused-ring (bicyclic) bond motifs is 1. The molecule has 4 rings (SSSR count). The van der Waals surface area contributed by atoms with Crippen molar-refractivity contribution in [1.29, 1.82) is 0 Å². The molecule has 0 radical (unpaired) electrons. The molecular formula is C20H27N3O3. The lowest BCUT2D eigenvalue weighted by Gasteiger charge is -2.48. The molecule has 1 amide bonds. The number of likely N-dealkylation sites (tertiary alicyclic amines) is 2. The van der Waals surface area contributed by atoms with E-state index in [1.54, 1.807) is 7.11 Å². The van der Waals surface area contributed by atoms with Crippen molar-refractivity contribution in [3.05, 3.63) is 30.0 Å². The molecule has 1 N–H and O–H groups in total. The van der Waals surface area contributed by atoms with E-state index in [0.717, 1.165) is 55.9 Å². The summed E-state index contributed by atoms with van der Waals surface area (Å²) in [7, 11) is 3.81. The minimum absolute atomic E-state index is 0.0849. The molecule has 3 heterocycles. The van der Waals surface area contributed by atoms with E-state index < -0.39 is 0 Å². The highest BCUT2D eigenvalue weighted by Crippen LogP contribution is 2.42. The van der Waals surface area contributed by atoms with E-state index in [1.807, 2.05) is 36.1 Å². The number of aromatic amines is 1. The third-order valence-corrected chi connectivity index (χ3v) is 5.79. The summed E-state index contributed by atoms with van der Waals surface area (Å²) in [6.45, 7) is 6.28. The molecule has 1 aromatic heterocycles. The zero-order chi connectivity index (χ0) is 18.3. The van der Waals surface area contributed by atoms with E-state index in [1.165, 1.54) is 0 Å². The lowest BCUT2D eigenvalue weighted by atomic mass is 9.77. The first kappa shape index (κ1) is 17.4. The Morgan fingerprint density at radius 2 is 2.12 bits per heavy atom. The second kappa shape index (κ2) is 6.59. The maximum Gasteiger partial charge on any atom is 0.270 e. The number of carbonyl (C=O) groups is 1. The van der Waals surface area contributed by atoms with Gasteiger partial charge in [0.25, 0.3) is 5.91 Å². The SMILES string of the molecule is CCOCC1CC2(CN(C(=O)c3cc4ccc(OC)cc4[nH]3)C2)CN1C. The summed E-state index contributed by atoms with van der Waals surface area (Å²) >= 11 is 0. The van der Waals surface area contributed by atoms with Crippen LogP contribution in [0.15, 0.2) is 24.3 Å². The van der Waals surface area contributed by atoms with Gasteiger partial charge in [0.2, 0.25) is 0 Å². The fourth-order valence-electron chi connectivity index (χ4n) is 4.47. The fraction of sp³-hybridized carbons (Fsp3) is 0.550. The number of ether oxygens (including phenoxy) is 2. The number of nitrogens with one attached hydrogen (secondary N) is 1. The van der Waals surface area contributed by atoms with Crippen LogP contribution in [0.2, 0.25) is 0 Å². The lowest BCUT2D eigenvalue weighted by Crippen LogP contribution is -2.59. The number of nitrogens with zero attached hydrogens (tertiary/aromatic N) is 2. The Morgan fingerprint density at radius 3 is 2.85 bits per heavy atom. The van der Waals surface area contributed by atoms with E-state index in [9.17, 15) is 4.79 Å². The molecule has 2 saturated heterocycles. The molecule has 1 atom stereocenters. The highest BCUT2D eigenvalue weighted by Gasteiger charge is 2.51.